The fraction of sp³-hybridized carbons (Fsp3) is 0.550. The van der Waals surface area contributed by atoms with Crippen LogP contribution in [0.5, 0.6) is 0 Å². The van der Waals surface area contributed by atoms with E-state index in [1.807, 2.05) is 12.2 Å². The summed E-state index contributed by atoms with van der Waals surface area (Å²) >= 11 is 1.43. The van der Waals surface area contributed by atoms with Crippen molar-refractivity contribution in [2.45, 2.75) is 39.0 Å². The summed E-state index contributed by atoms with van der Waals surface area (Å²) in [6.07, 6.45) is 8.38. The van der Waals surface area contributed by atoms with Gasteiger partial charge in [0.05, 0.1) is 17.4 Å². The number of carboxylic acid groups (broad SMARTS) is 1. The number of amides is 2. The lowest BCUT2D eigenvalue weighted by Crippen LogP contribution is -2.36. The molecular formula is C20H24N2O4S. The first-order chi connectivity index (χ1) is 12.9. The fourth-order valence-electron chi connectivity index (χ4n) is 5.06. The van der Waals surface area contributed by atoms with E-state index in [0.29, 0.717) is 22.9 Å². The van der Waals surface area contributed by atoms with Crippen LogP contribution in [0.2, 0.25) is 0 Å². The number of carboxylic acids is 1. The van der Waals surface area contributed by atoms with Gasteiger partial charge < -0.3 is 16.2 Å². The monoisotopic (exact) mass is 388 g/mol. The Balaban J connectivity index is 1.62. The van der Waals surface area contributed by atoms with Gasteiger partial charge in [0.2, 0.25) is 5.91 Å². The number of nitrogens with one attached hydrogen (secondary N) is 1. The first-order valence-electron chi connectivity index (χ1n) is 9.57. The summed E-state index contributed by atoms with van der Waals surface area (Å²) in [6.45, 7) is 2.16. The van der Waals surface area contributed by atoms with Crippen LogP contribution in [0.1, 0.15) is 47.0 Å². The van der Waals surface area contributed by atoms with E-state index in [9.17, 15) is 19.5 Å². The molecular weight excluding hydrogens is 364 g/mol. The number of fused-ring (bicyclic) bond motifs is 3. The molecule has 0 spiro atoms. The third-order valence-electron chi connectivity index (χ3n) is 6.47. The minimum Gasteiger partial charge on any atom is -0.481 e. The molecule has 4 rings (SSSR count). The van der Waals surface area contributed by atoms with E-state index in [1.165, 1.54) is 11.3 Å². The predicted octanol–water partition coefficient (Wildman–Crippen LogP) is 2.82. The predicted molar refractivity (Wildman–Crippen MR) is 103 cm³/mol. The van der Waals surface area contributed by atoms with Gasteiger partial charge in [-0.05, 0) is 49.0 Å². The summed E-state index contributed by atoms with van der Waals surface area (Å²) < 4.78 is 0. The third kappa shape index (κ3) is 2.98. The zero-order chi connectivity index (χ0) is 19.3. The Labute approximate surface area is 161 Å². The van der Waals surface area contributed by atoms with E-state index in [2.05, 4.69) is 12.2 Å². The highest BCUT2D eigenvalue weighted by atomic mass is 32.1. The topological polar surface area (TPSA) is 109 Å². The van der Waals surface area contributed by atoms with Crippen molar-refractivity contribution in [1.82, 2.24) is 0 Å². The number of nitrogens with two attached hydrogens (primary N) is 1. The molecule has 4 N–H and O–H groups in total. The van der Waals surface area contributed by atoms with Gasteiger partial charge in [-0.25, -0.2) is 0 Å². The van der Waals surface area contributed by atoms with Crippen LogP contribution in [-0.4, -0.2) is 22.9 Å². The number of aliphatic carboxylic acids is 1. The van der Waals surface area contributed by atoms with Crippen LogP contribution >= 0.6 is 11.3 Å². The molecule has 1 heterocycles. The maximum Gasteiger partial charge on any atom is 0.307 e. The number of carbonyl (C=O) groups excluding carboxylic acids is 2. The minimum atomic E-state index is -0.932. The second-order valence-electron chi connectivity index (χ2n) is 7.92. The van der Waals surface area contributed by atoms with Gasteiger partial charge in [0.15, 0.2) is 0 Å². The molecule has 0 aliphatic heterocycles. The Morgan fingerprint density at radius 1 is 1.26 bits per heavy atom. The van der Waals surface area contributed by atoms with E-state index in [0.717, 1.165) is 36.1 Å². The number of hydrogen-bond acceptors (Lipinski definition) is 4. The highest BCUT2D eigenvalue weighted by molar-refractivity contribution is 7.17. The molecule has 1 aromatic heterocycles. The third-order valence-corrected chi connectivity index (χ3v) is 7.64. The molecule has 0 radical (unpaired) electrons. The molecule has 27 heavy (non-hydrogen) atoms. The molecule has 7 heteroatoms. The summed E-state index contributed by atoms with van der Waals surface area (Å²) in [6, 6.07) is 0. The Morgan fingerprint density at radius 3 is 2.59 bits per heavy atom. The van der Waals surface area contributed by atoms with Crippen molar-refractivity contribution in [2.75, 3.05) is 5.32 Å². The van der Waals surface area contributed by atoms with Crippen LogP contribution in [0.4, 0.5) is 5.00 Å². The Hall–Kier alpha value is -2.15. The molecule has 2 bridgehead atoms. The average Bonchev–Trinajstić information content (AvgIpc) is 3.32. The number of thiophene rings is 1. The lowest BCUT2D eigenvalue weighted by Gasteiger charge is -2.23. The van der Waals surface area contributed by atoms with Crippen molar-refractivity contribution < 1.29 is 19.5 Å². The second-order valence-corrected chi connectivity index (χ2v) is 9.02. The van der Waals surface area contributed by atoms with Gasteiger partial charge in [-0.1, -0.05) is 25.5 Å². The van der Waals surface area contributed by atoms with Crippen LogP contribution in [0.25, 0.3) is 0 Å². The molecule has 1 fully saturated rings. The van der Waals surface area contributed by atoms with Gasteiger partial charge in [-0.2, -0.15) is 0 Å². The molecule has 3 aliphatic rings. The minimum absolute atomic E-state index is 0.0489. The highest BCUT2D eigenvalue weighted by Crippen LogP contribution is 2.49. The number of primary amides is 1. The van der Waals surface area contributed by atoms with Gasteiger partial charge in [0, 0.05) is 4.88 Å². The molecule has 6 nitrogen and oxygen atoms in total. The largest absolute Gasteiger partial charge is 0.481 e. The first-order valence-corrected chi connectivity index (χ1v) is 10.4. The van der Waals surface area contributed by atoms with Crippen LogP contribution in [-0.2, 0) is 22.4 Å². The van der Waals surface area contributed by atoms with Crippen molar-refractivity contribution in [2.24, 2.45) is 35.3 Å². The summed E-state index contributed by atoms with van der Waals surface area (Å²) in [7, 11) is 0. The fourth-order valence-corrected chi connectivity index (χ4v) is 6.43. The van der Waals surface area contributed by atoms with Crippen molar-refractivity contribution >= 4 is 34.1 Å². The zero-order valence-corrected chi connectivity index (χ0v) is 16.1. The molecule has 0 saturated heterocycles. The van der Waals surface area contributed by atoms with Crippen LogP contribution in [0.3, 0.4) is 0 Å². The summed E-state index contributed by atoms with van der Waals surface area (Å²) in [4.78, 5) is 37.9. The second kappa shape index (κ2) is 6.78. The lowest BCUT2D eigenvalue weighted by molar-refractivity contribution is -0.146. The number of anilines is 1. The molecule has 3 aliphatic carbocycles. The van der Waals surface area contributed by atoms with Crippen molar-refractivity contribution in [3.63, 3.8) is 0 Å². The summed E-state index contributed by atoms with van der Waals surface area (Å²) in [5.41, 5.74) is 7.01. The van der Waals surface area contributed by atoms with E-state index in [4.69, 9.17) is 5.73 Å². The normalized spacial score (nSPS) is 30.9. The molecule has 5 atom stereocenters. The van der Waals surface area contributed by atoms with Crippen molar-refractivity contribution in [3.8, 4) is 0 Å². The Morgan fingerprint density at radius 2 is 1.96 bits per heavy atom. The number of carbonyl (C=O) groups is 3. The smallest absolute Gasteiger partial charge is 0.307 e. The SMILES string of the molecule is CC[C@@H]1CCc2c(sc(NC(=O)[C@H]3[C@@H](C(=O)O)[C@H]4C=C[C@H]3C4)c2C(N)=O)C1. The van der Waals surface area contributed by atoms with E-state index in [1.54, 1.807) is 0 Å². The molecule has 2 amide bonds. The van der Waals surface area contributed by atoms with Crippen molar-refractivity contribution in [3.05, 3.63) is 28.2 Å². The van der Waals surface area contributed by atoms with Crippen LogP contribution in [0.15, 0.2) is 12.2 Å². The molecule has 144 valence electrons. The van der Waals surface area contributed by atoms with E-state index < -0.39 is 23.7 Å². The maximum atomic E-state index is 13.0. The summed E-state index contributed by atoms with van der Waals surface area (Å²) in [5.74, 6) is -2.61. The van der Waals surface area contributed by atoms with Gasteiger partial charge in [-0.15, -0.1) is 11.3 Å². The van der Waals surface area contributed by atoms with Gasteiger partial charge in [0.1, 0.15) is 5.00 Å². The average molecular weight is 388 g/mol. The van der Waals surface area contributed by atoms with E-state index in [-0.39, 0.29) is 17.7 Å². The van der Waals surface area contributed by atoms with Gasteiger partial charge in [-0.3, -0.25) is 14.4 Å². The molecule has 1 saturated carbocycles. The lowest BCUT2D eigenvalue weighted by atomic mass is 9.82. The molecule has 0 unspecified atom stereocenters. The van der Waals surface area contributed by atoms with Crippen LogP contribution in [0, 0.1) is 29.6 Å². The Kier molecular flexibility index (Phi) is 4.58. The molecule has 1 aromatic rings. The summed E-state index contributed by atoms with van der Waals surface area (Å²) in [5, 5.41) is 12.9. The quantitative estimate of drug-likeness (QED) is 0.674. The van der Waals surface area contributed by atoms with Gasteiger partial charge >= 0.3 is 5.97 Å². The number of rotatable bonds is 5. The first kappa shape index (κ1) is 18.2. The van der Waals surface area contributed by atoms with Crippen molar-refractivity contribution in [1.29, 1.82) is 0 Å². The highest BCUT2D eigenvalue weighted by Gasteiger charge is 2.51. The van der Waals surface area contributed by atoms with Gasteiger partial charge in [0.25, 0.3) is 5.91 Å². The Bertz CT molecular complexity index is 843. The van der Waals surface area contributed by atoms with Crippen LogP contribution < -0.4 is 11.1 Å². The molecule has 0 aromatic carbocycles. The number of hydrogen-bond donors (Lipinski definition) is 3. The zero-order valence-electron chi connectivity index (χ0n) is 15.2. The van der Waals surface area contributed by atoms with E-state index >= 15 is 0 Å². The standard InChI is InChI=1S/C20H24N2O4S/c1-2-9-3-6-12-13(7-9)27-19(16(12)17(21)23)22-18(24)14-10-4-5-11(8-10)15(14)20(25)26/h4-5,9-11,14-15H,2-3,6-8H2,1H3,(H2,21,23)(H,22,24)(H,25,26)/t9-,10+,11+,14-,15+/m1/s1. The number of allylic oxidation sites excluding steroid dienone is 2. The maximum absolute atomic E-state index is 13.0.